The van der Waals surface area contributed by atoms with Gasteiger partial charge in [0.1, 0.15) is 18.1 Å². The Hall–Kier alpha value is -1.79. The third-order valence-corrected chi connectivity index (χ3v) is 4.04. The lowest BCUT2D eigenvalue weighted by Gasteiger charge is -2.19. The van der Waals surface area contributed by atoms with Crippen molar-refractivity contribution in [2.45, 2.75) is 6.42 Å². The van der Waals surface area contributed by atoms with Gasteiger partial charge >= 0.3 is 5.97 Å². The summed E-state index contributed by atoms with van der Waals surface area (Å²) in [5.41, 5.74) is 0.441. The molecule has 0 saturated carbocycles. The van der Waals surface area contributed by atoms with Crippen molar-refractivity contribution in [2.24, 2.45) is 0 Å². The maximum Gasteiger partial charge on any atom is 0.338 e. The van der Waals surface area contributed by atoms with E-state index < -0.39 is 0 Å². The van der Waals surface area contributed by atoms with Gasteiger partial charge in [-0.2, -0.15) is 0 Å². The van der Waals surface area contributed by atoms with Crippen molar-refractivity contribution < 1.29 is 19.0 Å². The molecule has 0 spiro atoms. The molecule has 23 heavy (non-hydrogen) atoms. The molecular weight excluding hydrogens is 296 g/mol. The van der Waals surface area contributed by atoms with Gasteiger partial charge < -0.3 is 19.1 Å². The first-order valence-corrected chi connectivity index (χ1v) is 7.93. The van der Waals surface area contributed by atoms with Crippen LogP contribution in [0.1, 0.15) is 16.8 Å². The van der Waals surface area contributed by atoms with E-state index in [-0.39, 0.29) is 5.97 Å². The van der Waals surface area contributed by atoms with E-state index in [4.69, 9.17) is 14.2 Å². The normalized spacial score (nSPS) is 16.7. The standard InChI is InChI=1S/C17H26N2O4/c1-18-5-4-6-19(8-7-18)9-10-23-17(20)14-11-15(21-2)13-16(12-14)22-3/h11-13H,4-10H2,1-3H3. The molecule has 2 rings (SSSR count). The molecular formula is C17H26N2O4. The monoisotopic (exact) mass is 322 g/mol. The first kappa shape index (κ1) is 17.6. The molecule has 1 saturated heterocycles. The number of carbonyl (C=O) groups is 1. The Morgan fingerprint density at radius 2 is 1.74 bits per heavy atom. The molecule has 1 aliphatic heterocycles. The zero-order valence-electron chi connectivity index (χ0n) is 14.2. The highest BCUT2D eigenvalue weighted by Crippen LogP contribution is 2.22. The Balaban J connectivity index is 1.84. The molecule has 0 aliphatic carbocycles. The minimum Gasteiger partial charge on any atom is -0.497 e. The molecule has 1 heterocycles. The predicted octanol–water partition coefficient (Wildman–Crippen LogP) is 1.50. The molecule has 0 bridgehead atoms. The zero-order valence-corrected chi connectivity index (χ0v) is 14.2. The van der Waals surface area contributed by atoms with E-state index in [1.807, 2.05) is 0 Å². The molecule has 0 N–H and O–H groups in total. The third kappa shape index (κ3) is 5.41. The molecule has 0 atom stereocenters. The third-order valence-electron chi connectivity index (χ3n) is 4.04. The molecule has 1 aliphatic rings. The number of carbonyl (C=O) groups excluding carboxylic acids is 1. The molecule has 1 aromatic rings. The van der Waals surface area contributed by atoms with Gasteiger partial charge in [-0.25, -0.2) is 4.79 Å². The fourth-order valence-corrected chi connectivity index (χ4v) is 2.60. The van der Waals surface area contributed by atoms with Gasteiger partial charge in [0.25, 0.3) is 0 Å². The van der Waals surface area contributed by atoms with Crippen LogP contribution in [0.25, 0.3) is 0 Å². The topological polar surface area (TPSA) is 51.2 Å². The first-order chi connectivity index (χ1) is 11.1. The number of likely N-dealkylation sites (N-methyl/N-ethyl adjacent to an activating group) is 1. The minimum atomic E-state index is -0.353. The van der Waals surface area contributed by atoms with Gasteiger partial charge in [-0.05, 0) is 38.7 Å². The van der Waals surface area contributed by atoms with Gasteiger partial charge in [-0.15, -0.1) is 0 Å². The summed E-state index contributed by atoms with van der Waals surface area (Å²) in [6, 6.07) is 5.04. The number of methoxy groups -OCH3 is 2. The summed E-state index contributed by atoms with van der Waals surface area (Å²) in [6.45, 7) is 5.40. The van der Waals surface area contributed by atoms with Crippen molar-refractivity contribution in [3.8, 4) is 11.5 Å². The van der Waals surface area contributed by atoms with E-state index in [2.05, 4.69) is 16.8 Å². The van der Waals surface area contributed by atoms with Crippen LogP contribution in [0.2, 0.25) is 0 Å². The number of ether oxygens (including phenoxy) is 3. The van der Waals surface area contributed by atoms with Crippen LogP contribution in [-0.4, -0.2) is 76.4 Å². The van der Waals surface area contributed by atoms with E-state index in [9.17, 15) is 4.79 Å². The van der Waals surface area contributed by atoms with Crippen LogP contribution in [0.3, 0.4) is 0 Å². The number of rotatable bonds is 6. The summed E-state index contributed by atoms with van der Waals surface area (Å²) in [6.07, 6.45) is 1.15. The molecule has 128 valence electrons. The minimum absolute atomic E-state index is 0.353. The van der Waals surface area contributed by atoms with Crippen LogP contribution < -0.4 is 9.47 Å². The Morgan fingerprint density at radius 3 is 2.39 bits per heavy atom. The Kier molecular flexibility index (Phi) is 6.67. The lowest BCUT2D eigenvalue weighted by molar-refractivity contribution is 0.0463. The fraction of sp³-hybridized carbons (Fsp3) is 0.588. The van der Waals surface area contributed by atoms with E-state index in [1.54, 1.807) is 32.4 Å². The second kappa shape index (κ2) is 8.74. The van der Waals surface area contributed by atoms with Gasteiger partial charge in [0.15, 0.2) is 0 Å². The first-order valence-electron chi connectivity index (χ1n) is 7.93. The van der Waals surface area contributed by atoms with Crippen LogP contribution in [0.5, 0.6) is 11.5 Å². The highest BCUT2D eigenvalue weighted by molar-refractivity contribution is 5.90. The van der Waals surface area contributed by atoms with Crippen LogP contribution in [0, 0.1) is 0 Å². The molecule has 0 radical (unpaired) electrons. The summed E-state index contributed by atoms with van der Waals surface area (Å²) < 4.78 is 15.7. The average molecular weight is 322 g/mol. The largest absolute Gasteiger partial charge is 0.497 e. The second-order valence-electron chi connectivity index (χ2n) is 5.74. The van der Waals surface area contributed by atoms with Gasteiger partial charge in [0, 0.05) is 25.7 Å². The Labute approximate surface area is 137 Å². The molecule has 1 fully saturated rings. The lowest BCUT2D eigenvalue weighted by atomic mass is 10.2. The highest BCUT2D eigenvalue weighted by Gasteiger charge is 2.14. The summed E-state index contributed by atoms with van der Waals surface area (Å²) in [5, 5.41) is 0. The van der Waals surface area contributed by atoms with Gasteiger partial charge in [0.05, 0.1) is 19.8 Å². The van der Waals surface area contributed by atoms with Gasteiger partial charge in [0.2, 0.25) is 0 Å². The number of esters is 1. The summed E-state index contributed by atoms with van der Waals surface area (Å²) in [7, 11) is 5.25. The summed E-state index contributed by atoms with van der Waals surface area (Å²) in [5.74, 6) is 0.799. The average Bonchev–Trinajstić information content (AvgIpc) is 2.78. The van der Waals surface area contributed by atoms with Crippen LogP contribution in [-0.2, 0) is 4.74 Å². The SMILES string of the molecule is COc1cc(OC)cc(C(=O)OCCN2CCCN(C)CC2)c1. The summed E-state index contributed by atoms with van der Waals surface area (Å²) >= 11 is 0. The second-order valence-corrected chi connectivity index (χ2v) is 5.74. The Morgan fingerprint density at radius 1 is 1.04 bits per heavy atom. The molecule has 0 aromatic heterocycles. The number of benzene rings is 1. The van der Waals surface area contributed by atoms with Crippen molar-refractivity contribution in [3.63, 3.8) is 0 Å². The van der Waals surface area contributed by atoms with Crippen molar-refractivity contribution in [1.82, 2.24) is 9.80 Å². The van der Waals surface area contributed by atoms with Gasteiger partial charge in [-0.1, -0.05) is 0 Å². The van der Waals surface area contributed by atoms with Crippen molar-refractivity contribution in [2.75, 3.05) is 60.6 Å². The Bertz CT molecular complexity index is 499. The zero-order chi connectivity index (χ0) is 16.7. The van der Waals surface area contributed by atoms with Crippen molar-refractivity contribution in [3.05, 3.63) is 23.8 Å². The fourth-order valence-electron chi connectivity index (χ4n) is 2.60. The molecule has 6 nitrogen and oxygen atoms in total. The van der Waals surface area contributed by atoms with E-state index in [0.717, 1.165) is 39.1 Å². The quantitative estimate of drug-likeness (QED) is 0.740. The van der Waals surface area contributed by atoms with Gasteiger partial charge in [-0.3, -0.25) is 4.90 Å². The van der Waals surface area contributed by atoms with E-state index >= 15 is 0 Å². The summed E-state index contributed by atoms with van der Waals surface area (Å²) in [4.78, 5) is 16.8. The molecule has 6 heteroatoms. The maximum atomic E-state index is 12.2. The predicted molar refractivity (Wildman–Crippen MR) is 88.4 cm³/mol. The molecule has 0 unspecified atom stereocenters. The number of nitrogens with zero attached hydrogens (tertiary/aromatic N) is 2. The number of hydrogen-bond acceptors (Lipinski definition) is 6. The molecule has 0 amide bonds. The van der Waals surface area contributed by atoms with Crippen LogP contribution in [0.15, 0.2) is 18.2 Å². The highest BCUT2D eigenvalue weighted by atomic mass is 16.5. The van der Waals surface area contributed by atoms with E-state index in [0.29, 0.717) is 23.7 Å². The molecule has 1 aromatic carbocycles. The maximum absolute atomic E-state index is 12.2. The van der Waals surface area contributed by atoms with Crippen LogP contribution >= 0.6 is 0 Å². The van der Waals surface area contributed by atoms with Crippen molar-refractivity contribution >= 4 is 5.97 Å². The van der Waals surface area contributed by atoms with E-state index in [1.165, 1.54) is 0 Å². The van der Waals surface area contributed by atoms with Crippen LogP contribution in [0.4, 0.5) is 0 Å². The lowest BCUT2D eigenvalue weighted by Crippen LogP contribution is -2.32. The number of hydrogen-bond donors (Lipinski definition) is 0. The smallest absolute Gasteiger partial charge is 0.338 e. The van der Waals surface area contributed by atoms with Crippen molar-refractivity contribution in [1.29, 1.82) is 0 Å².